The Hall–Kier alpha value is -2.10. The van der Waals surface area contributed by atoms with E-state index in [4.69, 9.17) is 5.41 Å². The van der Waals surface area contributed by atoms with E-state index in [1.165, 1.54) is 17.4 Å². The van der Waals surface area contributed by atoms with E-state index in [1.54, 1.807) is 42.8 Å². The first kappa shape index (κ1) is 24.2. The standard InChI is InChI=1S/C21H27N3O3S3/c1-4-5-13-28-20-11-12-21(29-20)30(26,27)23-19(25)15-18(14-16(2)22)24(3)17-9-7-6-8-10-17/h6-12,14,22H,4-5,13,15H2,1-3H3,(H,23,25)/b18-14-,22-16?. The first-order chi connectivity index (χ1) is 14.2. The Morgan fingerprint density at radius 3 is 2.57 bits per heavy atom. The van der Waals surface area contributed by atoms with Crippen molar-refractivity contribution in [3.8, 4) is 0 Å². The number of anilines is 1. The fourth-order valence-corrected chi connectivity index (χ4v) is 6.31. The number of sulfonamides is 1. The number of carbonyl (C=O) groups is 1. The van der Waals surface area contributed by atoms with E-state index < -0.39 is 15.9 Å². The maximum Gasteiger partial charge on any atom is 0.273 e. The van der Waals surface area contributed by atoms with E-state index >= 15 is 0 Å². The second-order valence-electron chi connectivity index (χ2n) is 6.69. The molecule has 1 aromatic carbocycles. The quantitative estimate of drug-likeness (QED) is 0.280. The van der Waals surface area contributed by atoms with Crippen LogP contribution in [0.3, 0.4) is 0 Å². The lowest BCUT2D eigenvalue weighted by Gasteiger charge is -2.22. The van der Waals surface area contributed by atoms with Crippen molar-refractivity contribution in [2.24, 2.45) is 0 Å². The summed E-state index contributed by atoms with van der Waals surface area (Å²) < 4.78 is 28.4. The van der Waals surface area contributed by atoms with E-state index in [0.717, 1.165) is 28.5 Å². The number of nitrogens with zero attached hydrogens (tertiary/aromatic N) is 1. The third-order valence-corrected chi connectivity index (χ3v) is 8.37. The summed E-state index contributed by atoms with van der Waals surface area (Å²) in [4.78, 5) is 14.3. The molecule has 1 amide bonds. The zero-order chi connectivity index (χ0) is 22.1. The molecule has 9 heteroatoms. The molecule has 2 rings (SSSR count). The smallest absolute Gasteiger partial charge is 0.273 e. The number of benzene rings is 1. The van der Waals surface area contributed by atoms with Crippen molar-refractivity contribution >= 4 is 50.4 Å². The third-order valence-electron chi connectivity index (χ3n) is 4.11. The number of rotatable bonds is 11. The largest absolute Gasteiger partial charge is 0.348 e. The van der Waals surface area contributed by atoms with E-state index in [2.05, 4.69) is 11.6 Å². The summed E-state index contributed by atoms with van der Waals surface area (Å²) in [5.74, 6) is 0.296. The van der Waals surface area contributed by atoms with E-state index in [9.17, 15) is 13.2 Å². The third kappa shape index (κ3) is 7.30. The Balaban J connectivity index is 2.10. The molecule has 162 valence electrons. The monoisotopic (exact) mass is 465 g/mol. The van der Waals surface area contributed by atoms with Gasteiger partial charge < -0.3 is 10.3 Å². The summed E-state index contributed by atoms with van der Waals surface area (Å²) in [5, 5.41) is 7.76. The van der Waals surface area contributed by atoms with E-state index in [1.807, 2.05) is 30.3 Å². The van der Waals surface area contributed by atoms with Crippen molar-refractivity contribution in [3.63, 3.8) is 0 Å². The van der Waals surface area contributed by atoms with Gasteiger partial charge in [-0.25, -0.2) is 13.1 Å². The normalized spacial score (nSPS) is 11.9. The van der Waals surface area contributed by atoms with Crippen molar-refractivity contribution in [1.29, 1.82) is 5.41 Å². The molecule has 0 aliphatic carbocycles. The predicted molar refractivity (Wildman–Crippen MR) is 126 cm³/mol. The number of unbranched alkanes of at least 4 members (excludes halogenated alkanes) is 1. The van der Waals surface area contributed by atoms with Crippen LogP contribution in [0.1, 0.15) is 33.1 Å². The van der Waals surface area contributed by atoms with Crippen LogP contribution in [0.4, 0.5) is 5.69 Å². The molecule has 0 aliphatic rings. The first-order valence-electron chi connectivity index (χ1n) is 9.55. The molecule has 0 saturated carbocycles. The maximum atomic E-state index is 12.6. The van der Waals surface area contributed by atoms with Crippen LogP contribution in [0.25, 0.3) is 0 Å². The Kier molecular flexibility index (Phi) is 9.13. The van der Waals surface area contributed by atoms with Crippen molar-refractivity contribution in [3.05, 3.63) is 54.2 Å². The van der Waals surface area contributed by atoms with Gasteiger partial charge in [-0.2, -0.15) is 0 Å². The van der Waals surface area contributed by atoms with Gasteiger partial charge in [0.25, 0.3) is 10.0 Å². The van der Waals surface area contributed by atoms with Crippen LogP contribution in [0.2, 0.25) is 0 Å². The number of nitrogens with one attached hydrogen (secondary N) is 2. The van der Waals surface area contributed by atoms with Gasteiger partial charge in [-0.15, -0.1) is 23.1 Å². The molecule has 1 heterocycles. The highest BCUT2D eigenvalue weighted by atomic mass is 32.3. The zero-order valence-electron chi connectivity index (χ0n) is 17.3. The van der Waals surface area contributed by atoms with Gasteiger partial charge in [-0.05, 0) is 49.4 Å². The van der Waals surface area contributed by atoms with Crippen LogP contribution in [-0.4, -0.2) is 32.8 Å². The summed E-state index contributed by atoms with van der Waals surface area (Å²) in [6.07, 6.45) is 3.55. The topological polar surface area (TPSA) is 90.3 Å². The molecule has 0 saturated heterocycles. The van der Waals surface area contributed by atoms with Gasteiger partial charge in [0, 0.05) is 24.1 Å². The molecule has 0 unspecified atom stereocenters. The Labute approximate surface area is 186 Å². The molecule has 0 aliphatic heterocycles. The minimum atomic E-state index is -3.93. The van der Waals surface area contributed by atoms with Crippen LogP contribution < -0.4 is 9.62 Å². The minimum Gasteiger partial charge on any atom is -0.348 e. The molecule has 1 aromatic heterocycles. The van der Waals surface area contributed by atoms with Gasteiger partial charge in [0.05, 0.1) is 10.6 Å². The van der Waals surface area contributed by atoms with Crippen LogP contribution in [0.15, 0.2) is 62.7 Å². The van der Waals surface area contributed by atoms with Crippen molar-refractivity contribution < 1.29 is 13.2 Å². The summed E-state index contributed by atoms with van der Waals surface area (Å²) in [5.41, 5.74) is 1.64. The summed E-state index contributed by atoms with van der Waals surface area (Å²) >= 11 is 2.79. The number of amides is 1. The molecule has 0 fully saturated rings. The molecule has 0 atom stereocenters. The average Bonchev–Trinajstić information content (AvgIpc) is 3.17. The summed E-state index contributed by atoms with van der Waals surface area (Å²) in [6.45, 7) is 3.72. The number of carbonyl (C=O) groups excluding carboxylic acids is 1. The van der Waals surface area contributed by atoms with Gasteiger partial charge in [-0.3, -0.25) is 4.79 Å². The average molecular weight is 466 g/mol. The highest BCUT2D eigenvalue weighted by molar-refractivity contribution is 8.01. The SMILES string of the molecule is CCCCSc1ccc(S(=O)(=O)NC(=O)C/C(=C/C(C)=N)N(C)c2ccccc2)s1. The van der Waals surface area contributed by atoms with Gasteiger partial charge in [0.15, 0.2) is 0 Å². The Morgan fingerprint density at radius 2 is 1.93 bits per heavy atom. The lowest BCUT2D eigenvalue weighted by Crippen LogP contribution is -2.32. The highest BCUT2D eigenvalue weighted by Crippen LogP contribution is 2.30. The van der Waals surface area contributed by atoms with Crippen LogP contribution in [0, 0.1) is 5.41 Å². The summed E-state index contributed by atoms with van der Waals surface area (Å²) in [6, 6.07) is 12.7. The number of hydrogen-bond acceptors (Lipinski definition) is 7. The van der Waals surface area contributed by atoms with Gasteiger partial charge in [0.1, 0.15) is 4.21 Å². The second kappa shape index (κ2) is 11.3. The van der Waals surface area contributed by atoms with E-state index in [0.29, 0.717) is 5.70 Å². The zero-order valence-corrected chi connectivity index (χ0v) is 19.8. The first-order valence-corrected chi connectivity index (χ1v) is 12.8. The summed E-state index contributed by atoms with van der Waals surface area (Å²) in [7, 11) is -2.14. The number of allylic oxidation sites excluding steroid dienone is 1. The van der Waals surface area contributed by atoms with Crippen molar-refractivity contribution in [2.45, 2.75) is 41.5 Å². The highest BCUT2D eigenvalue weighted by Gasteiger charge is 2.22. The number of thioether (sulfide) groups is 1. The molecule has 0 bridgehead atoms. The molecule has 0 spiro atoms. The lowest BCUT2D eigenvalue weighted by molar-refractivity contribution is -0.118. The molecule has 30 heavy (non-hydrogen) atoms. The fourth-order valence-electron chi connectivity index (χ4n) is 2.58. The predicted octanol–water partition coefficient (Wildman–Crippen LogP) is 4.90. The minimum absolute atomic E-state index is 0.125. The van der Waals surface area contributed by atoms with Crippen LogP contribution in [0.5, 0.6) is 0 Å². The Bertz CT molecular complexity index is 999. The Morgan fingerprint density at radius 1 is 1.23 bits per heavy atom. The second-order valence-corrected chi connectivity index (χ2v) is 11.1. The van der Waals surface area contributed by atoms with Gasteiger partial charge >= 0.3 is 0 Å². The molecule has 2 N–H and O–H groups in total. The molecular formula is C21H27N3O3S3. The fraction of sp³-hybridized carbons (Fsp3) is 0.333. The number of para-hydroxylation sites is 1. The molecule has 6 nitrogen and oxygen atoms in total. The van der Waals surface area contributed by atoms with Crippen LogP contribution in [-0.2, 0) is 14.8 Å². The van der Waals surface area contributed by atoms with Crippen molar-refractivity contribution in [2.75, 3.05) is 17.7 Å². The van der Waals surface area contributed by atoms with Crippen LogP contribution >= 0.6 is 23.1 Å². The van der Waals surface area contributed by atoms with E-state index in [-0.39, 0.29) is 16.3 Å². The van der Waals surface area contributed by atoms with Gasteiger partial charge in [0.2, 0.25) is 5.91 Å². The maximum absolute atomic E-state index is 12.6. The molecule has 2 aromatic rings. The number of thiophene rings is 1. The van der Waals surface area contributed by atoms with Crippen molar-refractivity contribution in [1.82, 2.24) is 4.72 Å². The van der Waals surface area contributed by atoms with Gasteiger partial charge in [-0.1, -0.05) is 31.5 Å². The molecule has 0 radical (unpaired) electrons. The lowest BCUT2D eigenvalue weighted by atomic mass is 10.2. The number of hydrogen-bond donors (Lipinski definition) is 2. The molecular weight excluding hydrogens is 438 g/mol.